The smallest absolute Gasteiger partial charge is 0.260 e. The van der Waals surface area contributed by atoms with Crippen molar-refractivity contribution in [2.24, 2.45) is 0 Å². The van der Waals surface area contributed by atoms with E-state index in [0.29, 0.717) is 24.6 Å². The van der Waals surface area contributed by atoms with Crippen LogP contribution in [0.25, 0.3) is 0 Å². The summed E-state index contributed by atoms with van der Waals surface area (Å²) in [5.74, 6) is 1.12. The zero-order chi connectivity index (χ0) is 16.5. The lowest BCUT2D eigenvalue weighted by Gasteiger charge is -2.21. The van der Waals surface area contributed by atoms with Crippen LogP contribution in [0.1, 0.15) is 19.4 Å². The number of allylic oxidation sites excluding steroid dienone is 1. The van der Waals surface area contributed by atoms with Gasteiger partial charge >= 0.3 is 0 Å². The first-order valence-electron chi connectivity index (χ1n) is 7.34. The number of carbonyl (C=O) groups excluding carboxylic acids is 1. The van der Waals surface area contributed by atoms with Gasteiger partial charge in [-0.15, -0.1) is 6.58 Å². The van der Waals surface area contributed by atoms with Crippen LogP contribution in [-0.4, -0.2) is 37.6 Å². The topological polar surface area (TPSA) is 38.8 Å². The van der Waals surface area contributed by atoms with Crippen LogP contribution in [0.3, 0.4) is 0 Å². The van der Waals surface area contributed by atoms with Crippen LogP contribution in [0, 0.1) is 0 Å². The summed E-state index contributed by atoms with van der Waals surface area (Å²) < 4.78 is 10.9. The molecule has 0 unspecified atom stereocenters. The summed E-state index contributed by atoms with van der Waals surface area (Å²) in [4.78, 5) is 13.9. The molecule has 22 heavy (non-hydrogen) atoms. The molecule has 0 bridgehead atoms. The van der Waals surface area contributed by atoms with E-state index in [1.807, 2.05) is 38.1 Å². The Kier molecular flexibility index (Phi) is 7.23. The van der Waals surface area contributed by atoms with Gasteiger partial charge in [-0.05, 0) is 38.0 Å². The average Bonchev–Trinajstić information content (AvgIpc) is 2.50. The van der Waals surface area contributed by atoms with Crippen molar-refractivity contribution in [2.45, 2.75) is 20.3 Å². The fourth-order valence-corrected chi connectivity index (χ4v) is 2.06. The van der Waals surface area contributed by atoms with Crippen molar-refractivity contribution in [3.63, 3.8) is 0 Å². The van der Waals surface area contributed by atoms with Gasteiger partial charge in [0, 0.05) is 13.1 Å². The monoisotopic (exact) mass is 303 g/mol. The van der Waals surface area contributed by atoms with Crippen LogP contribution in [0.4, 0.5) is 0 Å². The van der Waals surface area contributed by atoms with E-state index >= 15 is 0 Å². The molecule has 4 heteroatoms. The fourth-order valence-electron chi connectivity index (χ4n) is 2.06. The Balaban J connectivity index is 2.72. The third kappa shape index (κ3) is 5.28. The molecule has 0 heterocycles. The standard InChI is InChI=1S/C18H25NO3/c1-6-8-15-9-10-16(17(11-15)21-5)22-13-18(20)19(7-2)12-14(3)4/h6,9-11H,1,3,7-8,12-13H2,2,4-5H3. The molecular formula is C18H25NO3. The molecule has 1 amide bonds. The second-order valence-electron chi connectivity index (χ2n) is 5.13. The average molecular weight is 303 g/mol. The van der Waals surface area contributed by atoms with Gasteiger partial charge in [0.05, 0.1) is 7.11 Å². The third-order valence-electron chi connectivity index (χ3n) is 3.15. The van der Waals surface area contributed by atoms with Gasteiger partial charge < -0.3 is 14.4 Å². The molecule has 0 saturated heterocycles. The Labute approximate surface area is 133 Å². The highest BCUT2D eigenvalue weighted by atomic mass is 16.5. The molecule has 0 atom stereocenters. The summed E-state index contributed by atoms with van der Waals surface area (Å²) in [5.41, 5.74) is 2.03. The number of likely N-dealkylation sites (N-methyl/N-ethyl adjacent to an activating group) is 1. The van der Waals surface area contributed by atoms with Crippen LogP contribution in [-0.2, 0) is 11.2 Å². The first kappa shape index (κ1) is 17.8. The molecule has 0 fully saturated rings. The molecule has 1 rings (SSSR count). The molecule has 0 spiro atoms. The van der Waals surface area contributed by atoms with Gasteiger partial charge in [0.2, 0.25) is 0 Å². The van der Waals surface area contributed by atoms with Crippen molar-refractivity contribution in [2.75, 3.05) is 26.8 Å². The molecule has 0 radical (unpaired) electrons. The first-order valence-corrected chi connectivity index (χ1v) is 7.34. The normalized spacial score (nSPS) is 9.95. The van der Waals surface area contributed by atoms with Crippen molar-refractivity contribution in [1.29, 1.82) is 0 Å². The highest BCUT2D eigenvalue weighted by molar-refractivity contribution is 5.78. The molecule has 1 aromatic carbocycles. The van der Waals surface area contributed by atoms with E-state index in [9.17, 15) is 4.79 Å². The molecule has 0 aliphatic rings. The van der Waals surface area contributed by atoms with Gasteiger partial charge in [-0.1, -0.05) is 24.3 Å². The minimum absolute atomic E-state index is 0.0156. The van der Waals surface area contributed by atoms with Gasteiger partial charge in [-0.2, -0.15) is 0 Å². The zero-order valence-corrected chi connectivity index (χ0v) is 13.7. The van der Waals surface area contributed by atoms with E-state index < -0.39 is 0 Å². The molecule has 0 aliphatic heterocycles. The SMILES string of the molecule is C=CCc1ccc(OCC(=O)N(CC)CC(=C)C)c(OC)c1. The van der Waals surface area contributed by atoms with E-state index in [2.05, 4.69) is 13.2 Å². The Bertz CT molecular complexity index is 537. The molecule has 4 nitrogen and oxygen atoms in total. The van der Waals surface area contributed by atoms with Crippen LogP contribution < -0.4 is 9.47 Å². The Hall–Kier alpha value is -2.23. The second kappa shape index (κ2) is 8.93. The highest BCUT2D eigenvalue weighted by Crippen LogP contribution is 2.28. The quantitative estimate of drug-likeness (QED) is 0.657. The fraction of sp³-hybridized carbons (Fsp3) is 0.389. The molecule has 120 valence electrons. The number of ether oxygens (including phenoxy) is 2. The molecular weight excluding hydrogens is 278 g/mol. The number of nitrogens with zero attached hydrogens (tertiary/aromatic N) is 1. The Morgan fingerprint density at radius 2 is 2.09 bits per heavy atom. The van der Waals surface area contributed by atoms with Crippen molar-refractivity contribution < 1.29 is 14.3 Å². The summed E-state index contributed by atoms with van der Waals surface area (Å²) in [7, 11) is 1.58. The number of carbonyl (C=O) groups is 1. The number of methoxy groups -OCH3 is 1. The Morgan fingerprint density at radius 1 is 1.36 bits per heavy atom. The maximum Gasteiger partial charge on any atom is 0.260 e. The summed E-state index contributed by atoms with van der Waals surface area (Å²) >= 11 is 0. The number of benzene rings is 1. The van der Waals surface area contributed by atoms with E-state index in [1.165, 1.54) is 0 Å². The number of hydrogen-bond donors (Lipinski definition) is 0. The number of amides is 1. The lowest BCUT2D eigenvalue weighted by molar-refractivity contribution is -0.132. The van der Waals surface area contributed by atoms with E-state index in [1.54, 1.807) is 12.0 Å². The van der Waals surface area contributed by atoms with Crippen molar-refractivity contribution >= 4 is 5.91 Å². The second-order valence-corrected chi connectivity index (χ2v) is 5.13. The summed E-state index contributed by atoms with van der Waals surface area (Å²) in [6, 6.07) is 5.66. The summed E-state index contributed by atoms with van der Waals surface area (Å²) in [6.45, 7) is 12.6. The minimum Gasteiger partial charge on any atom is -0.493 e. The van der Waals surface area contributed by atoms with Crippen molar-refractivity contribution in [3.8, 4) is 11.5 Å². The first-order chi connectivity index (χ1) is 10.5. The van der Waals surface area contributed by atoms with Crippen LogP contribution in [0.15, 0.2) is 43.0 Å². The van der Waals surface area contributed by atoms with E-state index in [4.69, 9.17) is 9.47 Å². The third-order valence-corrected chi connectivity index (χ3v) is 3.15. The maximum absolute atomic E-state index is 12.2. The van der Waals surface area contributed by atoms with Crippen LogP contribution in [0.5, 0.6) is 11.5 Å². The summed E-state index contributed by atoms with van der Waals surface area (Å²) in [5, 5.41) is 0. The van der Waals surface area contributed by atoms with Crippen molar-refractivity contribution in [1.82, 2.24) is 4.90 Å². The molecule has 0 aromatic heterocycles. The highest BCUT2D eigenvalue weighted by Gasteiger charge is 2.14. The predicted octanol–water partition coefficient (Wildman–Crippen LogP) is 3.23. The molecule has 1 aromatic rings. The molecule has 0 saturated carbocycles. The van der Waals surface area contributed by atoms with Crippen LogP contribution >= 0.6 is 0 Å². The number of rotatable bonds is 9. The lowest BCUT2D eigenvalue weighted by Crippen LogP contribution is -2.35. The summed E-state index contributed by atoms with van der Waals surface area (Å²) in [6.07, 6.45) is 2.59. The van der Waals surface area contributed by atoms with Gasteiger partial charge in [0.25, 0.3) is 5.91 Å². The lowest BCUT2D eigenvalue weighted by atomic mass is 10.1. The minimum atomic E-state index is -0.0669. The molecule has 0 N–H and O–H groups in total. The zero-order valence-electron chi connectivity index (χ0n) is 13.7. The Morgan fingerprint density at radius 3 is 2.64 bits per heavy atom. The predicted molar refractivity (Wildman–Crippen MR) is 89.5 cm³/mol. The maximum atomic E-state index is 12.2. The van der Waals surface area contributed by atoms with E-state index in [0.717, 1.165) is 17.6 Å². The van der Waals surface area contributed by atoms with Gasteiger partial charge in [0.1, 0.15) is 0 Å². The van der Waals surface area contributed by atoms with Gasteiger partial charge in [0.15, 0.2) is 18.1 Å². The van der Waals surface area contributed by atoms with E-state index in [-0.39, 0.29) is 12.5 Å². The largest absolute Gasteiger partial charge is 0.493 e. The number of hydrogen-bond acceptors (Lipinski definition) is 3. The molecule has 0 aliphatic carbocycles. The van der Waals surface area contributed by atoms with Crippen molar-refractivity contribution in [3.05, 3.63) is 48.6 Å². The van der Waals surface area contributed by atoms with Gasteiger partial charge in [-0.3, -0.25) is 4.79 Å². The van der Waals surface area contributed by atoms with Gasteiger partial charge in [-0.25, -0.2) is 0 Å². The van der Waals surface area contributed by atoms with Crippen LogP contribution in [0.2, 0.25) is 0 Å².